The number of anilines is 3. The maximum Gasteiger partial charge on any atom is 0.336 e. The lowest BCUT2D eigenvalue weighted by Crippen LogP contribution is -2.23. The van der Waals surface area contributed by atoms with E-state index in [1.807, 2.05) is 36.4 Å². The van der Waals surface area contributed by atoms with Crippen LogP contribution in [0.15, 0.2) is 54.7 Å². The van der Waals surface area contributed by atoms with Gasteiger partial charge in [-0.1, -0.05) is 30.3 Å². The number of hydrogen-bond donors (Lipinski definition) is 3. The van der Waals surface area contributed by atoms with Gasteiger partial charge in [0, 0.05) is 30.1 Å². The van der Waals surface area contributed by atoms with Crippen LogP contribution in [0.1, 0.15) is 10.4 Å². The Morgan fingerprint density at radius 1 is 1.16 bits per heavy atom. The highest BCUT2D eigenvalue weighted by Crippen LogP contribution is 2.34. The Balaban J connectivity index is 2.19. The van der Waals surface area contributed by atoms with Gasteiger partial charge in [-0.2, -0.15) is 0 Å². The molecule has 0 bridgehead atoms. The van der Waals surface area contributed by atoms with Gasteiger partial charge in [-0.25, -0.2) is 9.78 Å². The van der Waals surface area contributed by atoms with Crippen LogP contribution < -0.4 is 10.2 Å². The number of pyridine rings is 1. The number of aromatic nitrogens is 1. The molecule has 0 aliphatic carbocycles. The molecule has 1 heterocycles. The van der Waals surface area contributed by atoms with Crippen molar-refractivity contribution in [3.8, 4) is 0 Å². The van der Waals surface area contributed by atoms with Gasteiger partial charge in [-0.3, -0.25) is 0 Å². The van der Waals surface area contributed by atoms with Gasteiger partial charge >= 0.3 is 5.97 Å². The van der Waals surface area contributed by atoms with Crippen LogP contribution in [0.2, 0.25) is 0 Å². The summed E-state index contributed by atoms with van der Waals surface area (Å²) in [7, 11) is 1.78. The number of benzene rings is 2. The molecule has 6 nitrogen and oxygen atoms in total. The fourth-order valence-electron chi connectivity index (χ4n) is 2.78. The number of aromatic carboxylic acids is 1. The van der Waals surface area contributed by atoms with Crippen LogP contribution in [0, 0.1) is 0 Å². The molecular weight excluding hydrogens is 318 g/mol. The summed E-state index contributed by atoms with van der Waals surface area (Å²) in [6.07, 6.45) is 1.68. The quantitative estimate of drug-likeness (QED) is 0.641. The first-order chi connectivity index (χ1) is 12.1. The predicted molar refractivity (Wildman–Crippen MR) is 98.8 cm³/mol. The van der Waals surface area contributed by atoms with E-state index in [0.717, 1.165) is 16.8 Å². The van der Waals surface area contributed by atoms with Crippen molar-refractivity contribution in [2.75, 3.05) is 30.4 Å². The van der Waals surface area contributed by atoms with E-state index in [-0.39, 0.29) is 12.2 Å². The summed E-state index contributed by atoms with van der Waals surface area (Å²) in [6.45, 7) is 0.320. The highest BCUT2D eigenvalue weighted by molar-refractivity contribution is 6.12. The van der Waals surface area contributed by atoms with Crippen molar-refractivity contribution in [3.63, 3.8) is 0 Å². The standard InChI is InChI=1S/C19H19N3O3/c1-22(10-11-23)18-17-14(8-5-9-15(17)19(24)25)16(12-20-18)21-13-6-3-2-4-7-13/h2-9,12,21,23H,10-11H2,1H3,(H,24,25). The number of nitrogens with one attached hydrogen (secondary N) is 1. The van der Waals surface area contributed by atoms with Gasteiger partial charge in [0.05, 0.1) is 24.1 Å². The third-order valence-corrected chi connectivity index (χ3v) is 3.97. The number of carboxylic acids is 1. The number of fused-ring (bicyclic) bond motifs is 1. The molecule has 6 heteroatoms. The molecule has 0 aliphatic rings. The summed E-state index contributed by atoms with van der Waals surface area (Å²) in [5.41, 5.74) is 1.80. The molecule has 2 aromatic carbocycles. The van der Waals surface area contributed by atoms with E-state index in [1.165, 1.54) is 0 Å². The number of carboxylic acid groups (broad SMARTS) is 1. The van der Waals surface area contributed by atoms with Crippen molar-refractivity contribution in [1.29, 1.82) is 0 Å². The second-order valence-electron chi connectivity index (χ2n) is 5.66. The smallest absolute Gasteiger partial charge is 0.336 e. The fourth-order valence-corrected chi connectivity index (χ4v) is 2.78. The van der Waals surface area contributed by atoms with Crippen LogP contribution >= 0.6 is 0 Å². The largest absolute Gasteiger partial charge is 0.478 e. The zero-order valence-corrected chi connectivity index (χ0v) is 13.8. The lowest BCUT2D eigenvalue weighted by molar-refractivity contribution is 0.0699. The Hall–Kier alpha value is -3.12. The molecule has 0 aliphatic heterocycles. The van der Waals surface area contributed by atoms with Gasteiger partial charge < -0.3 is 20.4 Å². The zero-order valence-electron chi connectivity index (χ0n) is 13.8. The molecule has 0 radical (unpaired) electrons. The Morgan fingerprint density at radius 3 is 2.60 bits per heavy atom. The van der Waals surface area contributed by atoms with Gasteiger partial charge in [-0.05, 0) is 18.2 Å². The molecule has 0 atom stereocenters. The number of rotatable bonds is 6. The van der Waals surface area contributed by atoms with Crippen LogP contribution in [0.5, 0.6) is 0 Å². The average Bonchev–Trinajstić information content (AvgIpc) is 2.62. The highest BCUT2D eigenvalue weighted by Gasteiger charge is 2.18. The maximum atomic E-state index is 11.7. The Morgan fingerprint density at radius 2 is 1.92 bits per heavy atom. The monoisotopic (exact) mass is 337 g/mol. The number of nitrogens with zero attached hydrogens (tertiary/aromatic N) is 2. The van der Waals surface area contributed by atoms with Crippen molar-refractivity contribution >= 4 is 33.9 Å². The first-order valence-electron chi connectivity index (χ1n) is 7.91. The molecule has 25 heavy (non-hydrogen) atoms. The van der Waals surface area contributed by atoms with Gasteiger partial charge in [0.1, 0.15) is 5.82 Å². The van der Waals surface area contributed by atoms with Crippen LogP contribution in [0.25, 0.3) is 10.8 Å². The topological polar surface area (TPSA) is 85.7 Å². The first-order valence-corrected chi connectivity index (χ1v) is 7.91. The average molecular weight is 337 g/mol. The van der Waals surface area contributed by atoms with Crippen molar-refractivity contribution < 1.29 is 15.0 Å². The molecule has 0 amide bonds. The molecule has 128 valence electrons. The number of aliphatic hydroxyl groups is 1. The minimum Gasteiger partial charge on any atom is -0.478 e. The minimum atomic E-state index is -1.01. The number of likely N-dealkylation sites (N-methyl/N-ethyl adjacent to an activating group) is 1. The normalized spacial score (nSPS) is 10.6. The highest BCUT2D eigenvalue weighted by atomic mass is 16.4. The minimum absolute atomic E-state index is 0.0427. The van der Waals surface area contributed by atoms with Crippen molar-refractivity contribution in [1.82, 2.24) is 4.98 Å². The molecule has 0 unspecified atom stereocenters. The molecule has 3 aromatic rings. The Bertz CT molecular complexity index is 897. The van der Waals surface area contributed by atoms with Gasteiger partial charge in [0.25, 0.3) is 0 Å². The van der Waals surface area contributed by atoms with Crippen LogP contribution in [-0.4, -0.2) is 41.4 Å². The lowest BCUT2D eigenvalue weighted by Gasteiger charge is -2.21. The second kappa shape index (κ2) is 7.19. The first kappa shape index (κ1) is 16.7. The fraction of sp³-hybridized carbons (Fsp3) is 0.158. The van der Waals surface area contributed by atoms with Crippen molar-refractivity contribution in [3.05, 3.63) is 60.3 Å². The summed E-state index contributed by atoms with van der Waals surface area (Å²) in [4.78, 5) is 17.9. The number of carbonyl (C=O) groups is 1. The zero-order chi connectivity index (χ0) is 17.8. The van der Waals surface area contributed by atoms with Crippen LogP contribution in [0.3, 0.4) is 0 Å². The maximum absolute atomic E-state index is 11.7. The van der Waals surface area contributed by atoms with Gasteiger partial charge in [0.2, 0.25) is 0 Å². The van der Waals surface area contributed by atoms with E-state index < -0.39 is 5.97 Å². The summed E-state index contributed by atoms with van der Waals surface area (Å²) in [5.74, 6) is -0.483. The van der Waals surface area contributed by atoms with Gasteiger partial charge in [0.15, 0.2) is 0 Å². The lowest BCUT2D eigenvalue weighted by atomic mass is 10.0. The van der Waals surface area contributed by atoms with E-state index in [1.54, 1.807) is 30.3 Å². The van der Waals surface area contributed by atoms with Crippen molar-refractivity contribution in [2.45, 2.75) is 0 Å². The summed E-state index contributed by atoms with van der Waals surface area (Å²) in [5, 5.41) is 23.4. The molecule has 0 saturated carbocycles. The van der Waals surface area contributed by atoms with Gasteiger partial charge in [-0.15, -0.1) is 0 Å². The van der Waals surface area contributed by atoms with E-state index in [2.05, 4.69) is 10.3 Å². The second-order valence-corrected chi connectivity index (χ2v) is 5.66. The third kappa shape index (κ3) is 3.39. The number of aliphatic hydroxyl groups excluding tert-OH is 1. The van der Waals surface area contributed by atoms with E-state index >= 15 is 0 Å². The Kier molecular flexibility index (Phi) is 4.81. The SMILES string of the molecule is CN(CCO)c1ncc(Nc2ccccc2)c2cccc(C(=O)O)c12. The van der Waals surface area contributed by atoms with Crippen molar-refractivity contribution in [2.24, 2.45) is 0 Å². The summed E-state index contributed by atoms with van der Waals surface area (Å²) in [6, 6.07) is 14.8. The molecular formula is C19H19N3O3. The predicted octanol–water partition coefficient (Wildman–Crippen LogP) is 3.11. The van der Waals surface area contributed by atoms with E-state index in [9.17, 15) is 15.0 Å². The molecule has 1 aromatic heterocycles. The van der Waals surface area contributed by atoms with Crippen LogP contribution in [0.4, 0.5) is 17.2 Å². The molecule has 0 fully saturated rings. The van der Waals surface area contributed by atoms with E-state index in [4.69, 9.17) is 0 Å². The number of para-hydroxylation sites is 1. The number of hydrogen-bond acceptors (Lipinski definition) is 5. The molecule has 3 rings (SSSR count). The summed E-state index contributed by atoms with van der Waals surface area (Å²) >= 11 is 0. The van der Waals surface area contributed by atoms with Crippen LogP contribution in [-0.2, 0) is 0 Å². The molecule has 0 saturated heterocycles. The molecule has 3 N–H and O–H groups in total. The molecule has 0 spiro atoms. The van der Waals surface area contributed by atoms with E-state index in [0.29, 0.717) is 17.7 Å². The summed E-state index contributed by atoms with van der Waals surface area (Å²) < 4.78 is 0. The Labute approximate surface area is 145 Å². The third-order valence-electron chi connectivity index (χ3n) is 3.97.